The van der Waals surface area contributed by atoms with Crippen LogP contribution >= 0.6 is 0 Å². The van der Waals surface area contributed by atoms with Gasteiger partial charge in [-0.2, -0.15) is 0 Å². The molecule has 1 unspecified atom stereocenters. The van der Waals surface area contributed by atoms with Crippen LogP contribution in [0, 0.1) is 5.39 Å². The summed E-state index contributed by atoms with van der Waals surface area (Å²) in [6.07, 6.45) is 1.09. The van der Waals surface area contributed by atoms with Gasteiger partial charge in [-0.15, -0.1) is 6.54 Å². The van der Waals surface area contributed by atoms with Gasteiger partial charge in [-0.25, -0.2) is 4.99 Å². The zero-order valence-electron chi connectivity index (χ0n) is 3.65. The molecule has 0 aromatic carbocycles. The third kappa shape index (κ3) is 0.725. The second-order valence-electron chi connectivity index (χ2n) is 1.16. The Kier molecular flexibility index (Phi) is 1.00. The van der Waals surface area contributed by atoms with Gasteiger partial charge in [0.15, 0.2) is 0 Å². The van der Waals surface area contributed by atoms with Crippen LogP contribution in [0.2, 0.25) is 0 Å². The van der Waals surface area contributed by atoms with Gasteiger partial charge in [-0.05, 0) is 6.21 Å². The molecular formula is C3H4N4. The fraction of sp³-hybridized carbons (Fsp3) is 0.667. The molecule has 0 spiro atoms. The summed E-state index contributed by atoms with van der Waals surface area (Å²) in [5.41, 5.74) is 0. The van der Waals surface area contributed by atoms with Gasteiger partial charge in [0.25, 0.3) is 0 Å². The molecule has 0 N–H and O–H groups in total. The smallest absolute Gasteiger partial charge is 0.337 e. The van der Waals surface area contributed by atoms with Crippen LogP contribution in [-0.4, -0.2) is 19.0 Å². The topological polar surface area (TPSA) is 54.6 Å². The summed E-state index contributed by atoms with van der Waals surface area (Å²) in [4.78, 5) is 6.47. The Balaban J connectivity index is 2.47. The first-order valence-corrected chi connectivity index (χ1v) is 1.96. The SMILES string of the molecule is N#[N+]C1N=CC[N-]1. The molecule has 0 fully saturated rings. The predicted octanol–water partition coefficient (Wildman–Crippen LogP) is 0.581. The monoisotopic (exact) mass is 96.0 g/mol. The van der Waals surface area contributed by atoms with Gasteiger partial charge in [0, 0.05) is 0 Å². The zero-order valence-corrected chi connectivity index (χ0v) is 3.65. The first-order chi connectivity index (χ1) is 3.43. The van der Waals surface area contributed by atoms with Crippen LogP contribution in [0.25, 0.3) is 10.3 Å². The van der Waals surface area contributed by atoms with Crippen LogP contribution in [0.1, 0.15) is 0 Å². The molecule has 1 rings (SSSR count). The molecule has 0 aromatic rings. The summed E-state index contributed by atoms with van der Waals surface area (Å²) in [6.45, 7) is 0.578. The Morgan fingerprint density at radius 1 is 2.00 bits per heavy atom. The van der Waals surface area contributed by atoms with E-state index in [4.69, 9.17) is 5.39 Å². The van der Waals surface area contributed by atoms with Crippen molar-refractivity contribution in [1.29, 1.82) is 5.39 Å². The van der Waals surface area contributed by atoms with Crippen LogP contribution in [0.15, 0.2) is 4.99 Å². The summed E-state index contributed by atoms with van der Waals surface area (Å²) in [5, 5.41) is 11.7. The molecule has 0 bridgehead atoms. The highest BCUT2D eigenvalue weighted by Crippen LogP contribution is 2.06. The molecule has 1 aliphatic rings. The lowest BCUT2D eigenvalue weighted by Crippen LogP contribution is -1.86. The molecule has 0 aromatic heterocycles. The highest BCUT2D eigenvalue weighted by Gasteiger charge is 2.05. The minimum Gasteiger partial charge on any atom is -0.554 e. The largest absolute Gasteiger partial charge is 0.554 e. The number of diazo groups is 1. The van der Waals surface area contributed by atoms with Gasteiger partial charge >= 0.3 is 6.29 Å². The van der Waals surface area contributed by atoms with E-state index in [0.29, 0.717) is 6.54 Å². The maximum atomic E-state index is 7.98. The Hall–Kier alpha value is -0.950. The highest BCUT2D eigenvalue weighted by molar-refractivity contribution is 5.66. The van der Waals surface area contributed by atoms with E-state index in [1.54, 1.807) is 6.21 Å². The van der Waals surface area contributed by atoms with Crippen molar-refractivity contribution in [3.63, 3.8) is 0 Å². The van der Waals surface area contributed by atoms with E-state index < -0.39 is 6.29 Å². The van der Waals surface area contributed by atoms with Gasteiger partial charge < -0.3 is 5.32 Å². The third-order valence-corrected chi connectivity index (χ3v) is 0.692. The molecule has 0 saturated heterocycles. The minimum atomic E-state index is -0.528. The molecule has 7 heavy (non-hydrogen) atoms. The molecule has 0 radical (unpaired) electrons. The van der Waals surface area contributed by atoms with Crippen molar-refractivity contribution in [2.75, 3.05) is 6.54 Å². The normalized spacial score (nSPS) is 27.6. The fourth-order valence-electron chi connectivity index (χ4n) is 0.396. The lowest BCUT2D eigenvalue weighted by molar-refractivity contribution is 0.973. The third-order valence-electron chi connectivity index (χ3n) is 0.692. The predicted molar refractivity (Wildman–Crippen MR) is 25.6 cm³/mol. The van der Waals surface area contributed by atoms with Crippen LogP contribution in [0.4, 0.5) is 0 Å². The van der Waals surface area contributed by atoms with Crippen molar-refractivity contribution in [2.45, 2.75) is 6.29 Å². The van der Waals surface area contributed by atoms with Crippen LogP contribution in [-0.2, 0) is 0 Å². The molecule has 4 nitrogen and oxygen atoms in total. The molecule has 0 aliphatic carbocycles. The Morgan fingerprint density at radius 2 is 2.86 bits per heavy atom. The van der Waals surface area contributed by atoms with Crippen LogP contribution in [0.5, 0.6) is 0 Å². The molecule has 1 heterocycles. The van der Waals surface area contributed by atoms with E-state index in [9.17, 15) is 0 Å². The minimum absolute atomic E-state index is 0.528. The lowest BCUT2D eigenvalue weighted by atomic mass is 10.8. The summed E-state index contributed by atoms with van der Waals surface area (Å²) in [7, 11) is 0. The molecule has 0 saturated carbocycles. The molecule has 36 valence electrons. The van der Waals surface area contributed by atoms with Gasteiger partial charge in [-0.1, -0.05) is 0 Å². The Labute approximate surface area is 40.9 Å². The van der Waals surface area contributed by atoms with E-state index >= 15 is 0 Å². The average molecular weight is 96.1 g/mol. The first-order valence-electron chi connectivity index (χ1n) is 1.96. The van der Waals surface area contributed by atoms with E-state index in [1.807, 2.05) is 0 Å². The Bertz CT molecular complexity index is 121. The van der Waals surface area contributed by atoms with Gasteiger partial charge in [0.2, 0.25) is 5.39 Å². The van der Waals surface area contributed by atoms with E-state index in [-0.39, 0.29) is 0 Å². The van der Waals surface area contributed by atoms with E-state index in [0.717, 1.165) is 0 Å². The number of nitrogens with zero attached hydrogens (tertiary/aromatic N) is 4. The highest BCUT2D eigenvalue weighted by atomic mass is 15.3. The standard InChI is InChI=1S/C3H4N4/c4-7-3-5-1-2-6-3/h1,3H,2H2. The van der Waals surface area contributed by atoms with Gasteiger partial charge in [0.1, 0.15) is 4.98 Å². The second kappa shape index (κ2) is 1.67. The molecular weight excluding hydrogens is 92.1 g/mol. The maximum Gasteiger partial charge on any atom is 0.337 e. The number of aliphatic imine (C=N–C) groups is 1. The van der Waals surface area contributed by atoms with E-state index in [2.05, 4.69) is 15.3 Å². The zero-order chi connectivity index (χ0) is 5.11. The molecule has 4 heteroatoms. The van der Waals surface area contributed by atoms with Crippen LogP contribution < -0.4 is 0 Å². The number of rotatable bonds is 0. The molecule has 1 atom stereocenters. The van der Waals surface area contributed by atoms with Crippen molar-refractivity contribution in [2.24, 2.45) is 4.99 Å². The maximum absolute atomic E-state index is 7.98. The summed E-state index contributed by atoms with van der Waals surface area (Å²) in [5.74, 6) is 0. The summed E-state index contributed by atoms with van der Waals surface area (Å²) < 4.78 is 0. The van der Waals surface area contributed by atoms with Crippen molar-refractivity contribution in [1.82, 2.24) is 0 Å². The quantitative estimate of drug-likeness (QED) is 0.407. The average Bonchev–Trinajstić information content (AvgIpc) is 2.14. The number of hydrogen-bond acceptors (Lipinski definition) is 2. The van der Waals surface area contributed by atoms with Crippen molar-refractivity contribution >= 4 is 6.21 Å². The van der Waals surface area contributed by atoms with E-state index in [1.165, 1.54) is 0 Å². The molecule has 1 aliphatic heterocycles. The van der Waals surface area contributed by atoms with Crippen molar-refractivity contribution < 1.29 is 0 Å². The van der Waals surface area contributed by atoms with Crippen LogP contribution in [0.3, 0.4) is 0 Å². The fourth-order valence-corrected chi connectivity index (χ4v) is 0.396. The van der Waals surface area contributed by atoms with Gasteiger partial charge in [0.05, 0.1) is 0 Å². The Morgan fingerprint density at radius 3 is 3.14 bits per heavy atom. The first kappa shape index (κ1) is 4.22. The second-order valence-corrected chi connectivity index (χ2v) is 1.16. The lowest BCUT2D eigenvalue weighted by Gasteiger charge is -1.96. The summed E-state index contributed by atoms with van der Waals surface area (Å²) >= 11 is 0. The van der Waals surface area contributed by atoms with Gasteiger partial charge in [-0.3, -0.25) is 0 Å². The van der Waals surface area contributed by atoms with Crippen molar-refractivity contribution in [3.8, 4) is 0 Å². The summed E-state index contributed by atoms with van der Waals surface area (Å²) in [6, 6.07) is 0. The molecule has 0 amide bonds. The van der Waals surface area contributed by atoms with Crippen molar-refractivity contribution in [3.05, 3.63) is 10.3 Å². The number of hydrogen-bond donors (Lipinski definition) is 0.